The van der Waals surface area contributed by atoms with E-state index in [-0.39, 0.29) is 28.2 Å². The molecule has 0 aliphatic heterocycles. The fraction of sp³-hybridized carbons (Fsp3) is 0.263. The molecule has 31 heavy (non-hydrogen) atoms. The average molecular weight is 456 g/mol. The van der Waals surface area contributed by atoms with Crippen molar-refractivity contribution in [3.05, 3.63) is 54.1 Å². The Labute approximate surface area is 176 Å². The molecular formula is C19H19F3N4O4S. The van der Waals surface area contributed by atoms with Crippen LogP contribution in [-0.2, 0) is 10.0 Å². The lowest BCUT2D eigenvalue weighted by Gasteiger charge is -2.10. The number of hydrogen-bond donors (Lipinski definition) is 4. The van der Waals surface area contributed by atoms with Gasteiger partial charge in [-0.3, -0.25) is 4.79 Å². The van der Waals surface area contributed by atoms with Crippen molar-refractivity contribution in [2.24, 2.45) is 0 Å². The van der Waals surface area contributed by atoms with Crippen molar-refractivity contribution in [1.29, 1.82) is 0 Å². The summed E-state index contributed by atoms with van der Waals surface area (Å²) < 4.78 is 61.8. The van der Waals surface area contributed by atoms with Crippen LogP contribution in [0, 0.1) is 0 Å². The normalized spacial score (nSPS) is 14.0. The maximum atomic E-state index is 12.3. The van der Waals surface area contributed by atoms with Gasteiger partial charge in [0.05, 0.1) is 4.90 Å². The zero-order chi connectivity index (χ0) is 22.6. The molecule has 0 saturated heterocycles. The number of halogens is 3. The van der Waals surface area contributed by atoms with Crippen molar-refractivity contribution < 1.29 is 31.2 Å². The van der Waals surface area contributed by atoms with E-state index in [1.54, 1.807) is 12.1 Å². The van der Waals surface area contributed by atoms with E-state index < -0.39 is 28.7 Å². The van der Waals surface area contributed by atoms with Gasteiger partial charge in [0, 0.05) is 23.0 Å². The van der Waals surface area contributed by atoms with Crippen LogP contribution in [0.5, 0.6) is 0 Å². The van der Waals surface area contributed by atoms with E-state index in [1.165, 1.54) is 29.0 Å². The number of carbonyl (C=O) groups is 2. The first-order valence-electron chi connectivity index (χ1n) is 9.17. The van der Waals surface area contributed by atoms with Crippen molar-refractivity contribution in [2.75, 3.05) is 17.2 Å². The summed E-state index contributed by atoms with van der Waals surface area (Å²) >= 11 is 0. The summed E-state index contributed by atoms with van der Waals surface area (Å²) in [6.45, 7) is -1.68. The second-order valence-electron chi connectivity index (χ2n) is 6.87. The molecule has 2 aromatic rings. The number of amides is 3. The number of carbonyl (C=O) groups excluding carboxylic acids is 2. The number of alkyl halides is 3. The molecule has 1 fully saturated rings. The smallest absolute Gasteiger partial charge is 0.335 e. The Bertz CT molecular complexity index is 1050. The highest BCUT2D eigenvalue weighted by molar-refractivity contribution is 7.89. The van der Waals surface area contributed by atoms with E-state index in [4.69, 9.17) is 0 Å². The fourth-order valence-electron chi connectivity index (χ4n) is 2.47. The third-order valence-electron chi connectivity index (χ3n) is 4.20. The lowest BCUT2D eigenvalue weighted by atomic mass is 10.2. The highest BCUT2D eigenvalue weighted by atomic mass is 32.2. The van der Waals surface area contributed by atoms with E-state index in [1.807, 2.05) is 0 Å². The van der Waals surface area contributed by atoms with E-state index in [9.17, 15) is 31.2 Å². The number of hydrogen-bond acceptors (Lipinski definition) is 4. The summed E-state index contributed by atoms with van der Waals surface area (Å²) in [5.41, 5.74) is 1.05. The molecule has 0 aromatic heterocycles. The molecule has 3 amide bonds. The molecule has 0 radical (unpaired) electrons. The SMILES string of the molecule is O=C(Nc1ccc(C(=O)Nc2ccc(S(=O)(=O)NCC(F)(F)F)cc2)cc1)NC1CC1. The molecule has 0 atom stereocenters. The Balaban J connectivity index is 1.56. The van der Waals surface area contributed by atoms with Gasteiger partial charge >= 0.3 is 12.2 Å². The molecule has 8 nitrogen and oxygen atoms in total. The fourth-order valence-corrected chi connectivity index (χ4v) is 3.48. The molecule has 166 valence electrons. The van der Waals surface area contributed by atoms with Crippen LogP contribution in [0.4, 0.5) is 29.3 Å². The summed E-state index contributed by atoms with van der Waals surface area (Å²) in [5, 5.41) is 7.98. The zero-order valence-electron chi connectivity index (χ0n) is 16.0. The van der Waals surface area contributed by atoms with Crippen LogP contribution in [0.1, 0.15) is 23.2 Å². The largest absolute Gasteiger partial charge is 0.402 e. The number of sulfonamides is 1. The molecule has 2 aromatic carbocycles. The minimum atomic E-state index is -4.67. The van der Waals surface area contributed by atoms with Crippen molar-refractivity contribution in [2.45, 2.75) is 30.0 Å². The Morgan fingerprint density at radius 1 is 0.903 bits per heavy atom. The maximum absolute atomic E-state index is 12.3. The number of benzene rings is 2. The van der Waals surface area contributed by atoms with Crippen LogP contribution < -0.4 is 20.7 Å². The first kappa shape index (κ1) is 22.6. The average Bonchev–Trinajstić information content (AvgIpc) is 3.51. The summed E-state index contributed by atoms with van der Waals surface area (Å²) in [4.78, 5) is 23.7. The molecule has 0 bridgehead atoms. The van der Waals surface area contributed by atoms with Gasteiger partial charge in [-0.05, 0) is 61.4 Å². The molecule has 1 aliphatic carbocycles. The molecule has 12 heteroatoms. The Morgan fingerprint density at radius 2 is 1.45 bits per heavy atom. The minimum absolute atomic E-state index is 0.215. The van der Waals surface area contributed by atoms with Gasteiger partial charge in [-0.1, -0.05) is 0 Å². The third kappa shape index (κ3) is 6.96. The molecule has 0 spiro atoms. The van der Waals surface area contributed by atoms with Gasteiger partial charge in [0.1, 0.15) is 6.54 Å². The van der Waals surface area contributed by atoms with Crippen LogP contribution in [-0.4, -0.2) is 39.1 Å². The van der Waals surface area contributed by atoms with Crippen LogP contribution in [0.2, 0.25) is 0 Å². The Hall–Kier alpha value is -3.12. The van der Waals surface area contributed by atoms with Gasteiger partial charge < -0.3 is 16.0 Å². The maximum Gasteiger partial charge on any atom is 0.402 e. The topological polar surface area (TPSA) is 116 Å². The first-order chi connectivity index (χ1) is 14.5. The van der Waals surface area contributed by atoms with Crippen molar-refractivity contribution in [3.8, 4) is 0 Å². The molecular weight excluding hydrogens is 437 g/mol. The highest BCUT2D eigenvalue weighted by Gasteiger charge is 2.30. The molecule has 1 aliphatic rings. The van der Waals surface area contributed by atoms with Crippen LogP contribution in [0.25, 0.3) is 0 Å². The predicted octanol–water partition coefficient (Wildman–Crippen LogP) is 3.06. The molecule has 1 saturated carbocycles. The van der Waals surface area contributed by atoms with E-state index >= 15 is 0 Å². The van der Waals surface area contributed by atoms with E-state index in [0.29, 0.717) is 5.69 Å². The van der Waals surface area contributed by atoms with Crippen molar-refractivity contribution in [3.63, 3.8) is 0 Å². The summed E-state index contributed by atoms with van der Waals surface area (Å²) in [5.74, 6) is -0.486. The first-order valence-corrected chi connectivity index (χ1v) is 10.7. The number of nitrogens with one attached hydrogen (secondary N) is 4. The lowest BCUT2D eigenvalue weighted by molar-refractivity contribution is -0.121. The number of rotatable bonds is 7. The van der Waals surface area contributed by atoms with E-state index in [2.05, 4.69) is 16.0 Å². The lowest BCUT2D eigenvalue weighted by Crippen LogP contribution is -2.33. The van der Waals surface area contributed by atoms with Crippen LogP contribution in [0.3, 0.4) is 0 Å². The second-order valence-corrected chi connectivity index (χ2v) is 8.64. The predicted molar refractivity (Wildman–Crippen MR) is 107 cm³/mol. The van der Waals surface area contributed by atoms with Gasteiger partial charge in [-0.25, -0.2) is 17.9 Å². The summed E-state index contributed by atoms with van der Waals surface area (Å²) in [7, 11) is -4.33. The van der Waals surface area contributed by atoms with E-state index in [0.717, 1.165) is 25.0 Å². The number of anilines is 2. The van der Waals surface area contributed by atoms with Gasteiger partial charge in [0.25, 0.3) is 5.91 Å². The molecule has 3 rings (SSSR count). The monoisotopic (exact) mass is 456 g/mol. The molecule has 0 unspecified atom stereocenters. The van der Waals surface area contributed by atoms with Gasteiger partial charge in [0.15, 0.2) is 0 Å². The standard InChI is InChI=1S/C19H19F3N4O4S/c20-19(21,22)11-23-31(29,30)16-9-7-13(8-10-16)24-17(27)12-1-3-14(4-2-12)25-18(28)26-15-5-6-15/h1-4,7-10,15,23H,5-6,11H2,(H,24,27)(H2,25,26,28). The Kier molecular flexibility index (Phi) is 6.51. The van der Waals surface area contributed by atoms with Crippen LogP contribution >= 0.6 is 0 Å². The number of urea groups is 1. The summed E-state index contributed by atoms with van der Waals surface area (Å²) in [6.07, 6.45) is -2.75. The minimum Gasteiger partial charge on any atom is -0.335 e. The quantitative estimate of drug-likeness (QED) is 0.512. The highest BCUT2D eigenvalue weighted by Crippen LogP contribution is 2.20. The van der Waals surface area contributed by atoms with Crippen molar-refractivity contribution in [1.82, 2.24) is 10.0 Å². The second kappa shape index (κ2) is 8.94. The van der Waals surface area contributed by atoms with Gasteiger partial charge in [-0.2, -0.15) is 13.2 Å². The zero-order valence-corrected chi connectivity index (χ0v) is 16.8. The third-order valence-corrected chi connectivity index (χ3v) is 5.62. The van der Waals surface area contributed by atoms with Gasteiger partial charge in [0.2, 0.25) is 10.0 Å². The van der Waals surface area contributed by atoms with Gasteiger partial charge in [-0.15, -0.1) is 0 Å². The van der Waals surface area contributed by atoms with Crippen LogP contribution in [0.15, 0.2) is 53.4 Å². The summed E-state index contributed by atoms with van der Waals surface area (Å²) in [6, 6.07) is 10.7. The van der Waals surface area contributed by atoms with Crippen molar-refractivity contribution >= 4 is 33.3 Å². The molecule has 4 N–H and O–H groups in total. The Morgan fingerprint density at radius 3 is 2.00 bits per heavy atom. The molecule has 0 heterocycles.